The molecule has 2 rings (SSSR count). The van der Waals surface area contributed by atoms with Crippen molar-refractivity contribution in [2.75, 3.05) is 11.1 Å². The molecule has 0 aliphatic rings. The number of rotatable bonds is 7. The van der Waals surface area contributed by atoms with Crippen LogP contribution in [0.2, 0.25) is 0 Å². The van der Waals surface area contributed by atoms with E-state index in [2.05, 4.69) is 10.6 Å². The minimum absolute atomic E-state index is 0.0519. The second kappa shape index (κ2) is 8.93. The van der Waals surface area contributed by atoms with Crippen LogP contribution in [-0.2, 0) is 11.3 Å². The van der Waals surface area contributed by atoms with Gasteiger partial charge in [0.1, 0.15) is 5.82 Å². The highest BCUT2D eigenvalue weighted by Crippen LogP contribution is 2.18. The first-order valence-corrected chi connectivity index (χ1v) is 8.32. The van der Waals surface area contributed by atoms with Gasteiger partial charge in [0.2, 0.25) is 5.91 Å². The normalized spacial score (nSPS) is 10.2. The summed E-state index contributed by atoms with van der Waals surface area (Å²) in [4.78, 5) is 23.5. The van der Waals surface area contributed by atoms with Crippen LogP contribution in [0.5, 0.6) is 0 Å². The fourth-order valence-corrected chi connectivity index (χ4v) is 2.78. The number of hydrogen-bond donors (Lipinski definition) is 3. The molecule has 5 nitrogen and oxygen atoms in total. The zero-order chi connectivity index (χ0) is 17.4. The third-order valence-electron chi connectivity index (χ3n) is 3.12. The molecule has 0 aliphatic carbocycles. The molecule has 126 valence electrons. The minimum atomic E-state index is -0.616. The van der Waals surface area contributed by atoms with Gasteiger partial charge in [-0.25, -0.2) is 9.18 Å². The Kier molecular flexibility index (Phi) is 6.62. The van der Waals surface area contributed by atoms with Crippen molar-refractivity contribution in [2.45, 2.75) is 17.9 Å². The topological polar surface area (TPSA) is 84.2 Å². The van der Waals surface area contributed by atoms with E-state index in [0.29, 0.717) is 24.4 Å². The van der Waals surface area contributed by atoms with E-state index >= 15 is 0 Å². The Morgan fingerprint density at radius 1 is 1.04 bits per heavy atom. The first-order chi connectivity index (χ1) is 11.5. The Hall–Kier alpha value is -2.54. The van der Waals surface area contributed by atoms with E-state index in [-0.39, 0.29) is 11.7 Å². The van der Waals surface area contributed by atoms with E-state index in [4.69, 9.17) is 5.73 Å². The molecule has 0 bridgehead atoms. The average molecular weight is 347 g/mol. The number of primary amides is 1. The van der Waals surface area contributed by atoms with Crippen LogP contribution in [0.1, 0.15) is 12.0 Å². The number of nitrogens with one attached hydrogen (secondary N) is 2. The molecule has 0 fully saturated rings. The number of thioether (sulfide) groups is 1. The van der Waals surface area contributed by atoms with Gasteiger partial charge >= 0.3 is 6.03 Å². The molecule has 0 radical (unpaired) electrons. The van der Waals surface area contributed by atoms with Crippen molar-refractivity contribution in [1.29, 1.82) is 0 Å². The molecule has 0 heterocycles. The van der Waals surface area contributed by atoms with E-state index in [9.17, 15) is 14.0 Å². The number of carbonyl (C=O) groups excluding carboxylic acids is 2. The lowest BCUT2D eigenvalue weighted by Crippen LogP contribution is -2.23. The zero-order valence-electron chi connectivity index (χ0n) is 12.9. The third-order valence-corrected chi connectivity index (χ3v) is 4.14. The summed E-state index contributed by atoms with van der Waals surface area (Å²) < 4.78 is 12.8. The predicted octanol–water partition coefficient (Wildman–Crippen LogP) is 3.11. The lowest BCUT2D eigenvalue weighted by Gasteiger charge is -2.07. The van der Waals surface area contributed by atoms with Gasteiger partial charge in [0, 0.05) is 29.3 Å². The largest absolute Gasteiger partial charge is 0.352 e. The maximum Gasteiger partial charge on any atom is 0.316 e. The number of carbonyl (C=O) groups is 2. The molecule has 0 aromatic heterocycles. The quantitative estimate of drug-likeness (QED) is 0.673. The van der Waals surface area contributed by atoms with Crippen molar-refractivity contribution in [3.63, 3.8) is 0 Å². The summed E-state index contributed by atoms with van der Waals surface area (Å²) in [6.07, 6.45) is 0.378. The number of halogens is 1. The molecule has 0 spiro atoms. The summed E-state index contributed by atoms with van der Waals surface area (Å²) in [6.45, 7) is 0.414. The second-order valence-corrected chi connectivity index (χ2v) is 6.18. The van der Waals surface area contributed by atoms with Crippen LogP contribution in [0.15, 0.2) is 53.4 Å². The molecule has 0 atom stereocenters. The van der Waals surface area contributed by atoms with Gasteiger partial charge in [0.05, 0.1) is 0 Å². The number of amides is 3. The standard InChI is InChI=1S/C17H18FN3O2S/c18-13-3-7-15(8-4-13)24-10-9-16(22)20-11-12-1-5-14(6-2-12)21-17(19)23/h1-8H,9-11H2,(H,20,22)(H3,19,21,23). The molecular weight excluding hydrogens is 329 g/mol. The van der Waals surface area contributed by atoms with Gasteiger partial charge in [0.25, 0.3) is 0 Å². The lowest BCUT2D eigenvalue weighted by molar-refractivity contribution is -0.120. The molecule has 0 unspecified atom stereocenters. The van der Waals surface area contributed by atoms with Crippen LogP contribution in [0.25, 0.3) is 0 Å². The van der Waals surface area contributed by atoms with Gasteiger partial charge in [-0.15, -0.1) is 11.8 Å². The SMILES string of the molecule is NC(=O)Nc1ccc(CNC(=O)CCSc2ccc(F)cc2)cc1. The average Bonchev–Trinajstić information content (AvgIpc) is 2.55. The maximum atomic E-state index is 12.8. The Bertz CT molecular complexity index is 690. The van der Waals surface area contributed by atoms with Crippen LogP contribution < -0.4 is 16.4 Å². The fourth-order valence-electron chi connectivity index (χ4n) is 1.93. The molecule has 2 aromatic carbocycles. The number of benzene rings is 2. The van der Waals surface area contributed by atoms with Gasteiger partial charge in [-0.1, -0.05) is 12.1 Å². The second-order valence-electron chi connectivity index (χ2n) is 5.02. The monoisotopic (exact) mass is 347 g/mol. The summed E-state index contributed by atoms with van der Waals surface area (Å²) in [5.41, 5.74) is 6.56. The van der Waals surface area contributed by atoms with Crippen molar-refractivity contribution >= 4 is 29.4 Å². The molecule has 0 saturated heterocycles. The molecule has 2 aromatic rings. The molecule has 7 heteroatoms. The Morgan fingerprint density at radius 3 is 2.33 bits per heavy atom. The van der Waals surface area contributed by atoms with Crippen molar-refractivity contribution < 1.29 is 14.0 Å². The third kappa shape index (κ3) is 6.29. The summed E-state index contributed by atoms with van der Waals surface area (Å²) in [5, 5.41) is 5.30. The van der Waals surface area contributed by atoms with Crippen molar-refractivity contribution in [1.82, 2.24) is 5.32 Å². The van der Waals surface area contributed by atoms with E-state index in [1.807, 2.05) is 0 Å². The Labute approximate surface area is 143 Å². The summed E-state index contributed by atoms with van der Waals surface area (Å²) >= 11 is 1.51. The first-order valence-electron chi connectivity index (χ1n) is 7.33. The molecule has 0 aliphatic heterocycles. The van der Waals surface area contributed by atoms with E-state index in [1.165, 1.54) is 23.9 Å². The molecule has 3 amide bonds. The summed E-state index contributed by atoms with van der Waals surface area (Å²) in [7, 11) is 0. The highest BCUT2D eigenvalue weighted by atomic mass is 32.2. The molecule has 4 N–H and O–H groups in total. The minimum Gasteiger partial charge on any atom is -0.352 e. The van der Waals surface area contributed by atoms with E-state index < -0.39 is 6.03 Å². The van der Waals surface area contributed by atoms with Crippen molar-refractivity contribution in [3.8, 4) is 0 Å². The first kappa shape index (κ1) is 17.8. The van der Waals surface area contributed by atoms with E-state index in [0.717, 1.165) is 10.5 Å². The number of urea groups is 1. The van der Waals surface area contributed by atoms with Crippen LogP contribution in [0, 0.1) is 5.82 Å². The van der Waals surface area contributed by atoms with Crippen LogP contribution in [0.4, 0.5) is 14.9 Å². The van der Waals surface area contributed by atoms with Gasteiger partial charge in [-0.2, -0.15) is 0 Å². The number of anilines is 1. The Balaban J connectivity index is 1.69. The zero-order valence-corrected chi connectivity index (χ0v) is 13.7. The van der Waals surface area contributed by atoms with Crippen LogP contribution >= 0.6 is 11.8 Å². The van der Waals surface area contributed by atoms with E-state index in [1.54, 1.807) is 36.4 Å². The molecule has 24 heavy (non-hydrogen) atoms. The van der Waals surface area contributed by atoms with Crippen LogP contribution in [-0.4, -0.2) is 17.7 Å². The smallest absolute Gasteiger partial charge is 0.316 e. The highest BCUT2D eigenvalue weighted by Gasteiger charge is 2.03. The highest BCUT2D eigenvalue weighted by molar-refractivity contribution is 7.99. The molecular formula is C17H18FN3O2S. The van der Waals surface area contributed by atoms with Gasteiger partial charge in [-0.05, 0) is 42.0 Å². The Morgan fingerprint density at radius 2 is 1.71 bits per heavy atom. The van der Waals surface area contributed by atoms with Gasteiger partial charge in [-0.3, -0.25) is 4.79 Å². The number of nitrogens with two attached hydrogens (primary N) is 1. The number of hydrogen-bond acceptors (Lipinski definition) is 3. The van der Waals surface area contributed by atoms with Gasteiger partial charge in [0.15, 0.2) is 0 Å². The predicted molar refractivity (Wildman–Crippen MR) is 93.2 cm³/mol. The van der Waals surface area contributed by atoms with Crippen molar-refractivity contribution in [3.05, 3.63) is 59.9 Å². The fraction of sp³-hybridized carbons (Fsp3) is 0.176. The summed E-state index contributed by atoms with van der Waals surface area (Å²) in [6, 6.07) is 12.6. The van der Waals surface area contributed by atoms with Crippen LogP contribution in [0.3, 0.4) is 0 Å². The van der Waals surface area contributed by atoms with Gasteiger partial charge < -0.3 is 16.4 Å². The molecule has 0 saturated carbocycles. The maximum absolute atomic E-state index is 12.8. The summed E-state index contributed by atoms with van der Waals surface area (Å²) in [5.74, 6) is 0.303. The van der Waals surface area contributed by atoms with Crippen molar-refractivity contribution in [2.24, 2.45) is 5.73 Å². The lowest BCUT2D eigenvalue weighted by atomic mass is 10.2.